The maximum absolute atomic E-state index is 12.9. The maximum atomic E-state index is 12.9. The third-order valence-electron chi connectivity index (χ3n) is 5.19. The topological polar surface area (TPSA) is 37.7 Å². The fourth-order valence-corrected chi connectivity index (χ4v) is 3.94. The summed E-state index contributed by atoms with van der Waals surface area (Å²) < 4.78 is 7.86. The summed E-state index contributed by atoms with van der Waals surface area (Å²) in [7, 11) is 0. The molecular weight excluding hydrogens is 314 g/mol. The van der Waals surface area contributed by atoms with E-state index in [1.165, 1.54) is 11.3 Å². The van der Waals surface area contributed by atoms with E-state index in [-0.39, 0.29) is 18.1 Å². The number of aromatic nitrogens is 1. The van der Waals surface area contributed by atoms with Crippen molar-refractivity contribution in [2.45, 2.75) is 25.6 Å². The average molecular weight is 339 g/mol. The van der Waals surface area contributed by atoms with Crippen LogP contribution in [0, 0.1) is 0 Å². The van der Waals surface area contributed by atoms with Crippen molar-refractivity contribution < 1.29 is 9.53 Å². The third kappa shape index (κ3) is 3.34. The van der Waals surface area contributed by atoms with Gasteiger partial charge in [0.15, 0.2) is 0 Å². The van der Waals surface area contributed by atoms with E-state index in [0.717, 1.165) is 13.1 Å². The lowest BCUT2D eigenvalue weighted by Gasteiger charge is -2.39. The van der Waals surface area contributed by atoms with E-state index in [9.17, 15) is 4.79 Å². The molecule has 2 aliphatic heterocycles. The van der Waals surface area contributed by atoms with Gasteiger partial charge in [-0.05, 0) is 24.6 Å². The maximum Gasteiger partial charge on any atom is 0.236 e. The van der Waals surface area contributed by atoms with Gasteiger partial charge in [-0.2, -0.15) is 0 Å². The Labute approximate surface area is 148 Å². The van der Waals surface area contributed by atoms with Crippen molar-refractivity contribution in [3.63, 3.8) is 0 Å². The molecule has 2 atom stereocenters. The van der Waals surface area contributed by atoms with E-state index in [0.29, 0.717) is 26.2 Å². The number of nitrogens with zero attached hydrogens (tertiary/aromatic N) is 3. The SMILES string of the molecule is CC1CN(C(=O)CN2CCn3cccc3C2c2ccccc2)CCO1. The van der Waals surface area contributed by atoms with E-state index in [2.05, 4.69) is 52.1 Å². The van der Waals surface area contributed by atoms with Crippen LogP contribution < -0.4 is 0 Å². The summed E-state index contributed by atoms with van der Waals surface area (Å²) in [4.78, 5) is 17.1. The molecule has 2 aliphatic rings. The summed E-state index contributed by atoms with van der Waals surface area (Å²) in [6.07, 6.45) is 2.26. The molecule has 1 amide bonds. The van der Waals surface area contributed by atoms with Gasteiger partial charge in [-0.25, -0.2) is 0 Å². The smallest absolute Gasteiger partial charge is 0.236 e. The van der Waals surface area contributed by atoms with Crippen molar-refractivity contribution in [1.82, 2.24) is 14.4 Å². The number of hydrogen-bond donors (Lipinski definition) is 0. The summed E-state index contributed by atoms with van der Waals surface area (Å²) in [6.45, 7) is 6.32. The molecule has 0 bridgehead atoms. The zero-order valence-electron chi connectivity index (χ0n) is 14.7. The van der Waals surface area contributed by atoms with Crippen molar-refractivity contribution in [3.8, 4) is 0 Å². The van der Waals surface area contributed by atoms with Crippen molar-refractivity contribution >= 4 is 5.91 Å². The Bertz CT molecular complexity index is 728. The highest BCUT2D eigenvalue weighted by molar-refractivity contribution is 5.78. The summed E-state index contributed by atoms with van der Waals surface area (Å²) in [5, 5.41) is 0. The number of ether oxygens (including phenoxy) is 1. The molecule has 5 nitrogen and oxygen atoms in total. The molecule has 4 rings (SSSR count). The molecule has 1 saturated heterocycles. The van der Waals surface area contributed by atoms with Crippen LogP contribution in [0.25, 0.3) is 0 Å². The highest BCUT2D eigenvalue weighted by Gasteiger charge is 2.31. The minimum Gasteiger partial charge on any atom is -0.375 e. The number of morpholine rings is 1. The van der Waals surface area contributed by atoms with Crippen LogP contribution in [-0.4, -0.2) is 59.2 Å². The third-order valence-corrected chi connectivity index (χ3v) is 5.19. The summed E-state index contributed by atoms with van der Waals surface area (Å²) in [6, 6.07) is 14.9. The van der Waals surface area contributed by atoms with Gasteiger partial charge in [-0.1, -0.05) is 30.3 Å². The molecule has 0 N–H and O–H groups in total. The Morgan fingerprint density at radius 1 is 1.12 bits per heavy atom. The van der Waals surface area contributed by atoms with E-state index in [1.807, 2.05) is 17.9 Å². The number of amides is 1. The van der Waals surface area contributed by atoms with E-state index < -0.39 is 0 Å². The van der Waals surface area contributed by atoms with Crippen LogP contribution in [0.2, 0.25) is 0 Å². The standard InChI is InChI=1S/C20H25N3O2/c1-16-14-22(12-13-25-16)19(24)15-23-11-10-21-9-5-8-18(21)20(23)17-6-3-2-4-7-17/h2-9,16,20H,10-15H2,1H3. The zero-order valence-corrected chi connectivity index (χ0v) is 14.7. The van der Waals surface area contributed by atoms with Crippen molar-refractivity contribution in [3.05, 3.63) is 59.9 Å². The van der Waals surface area contributed by atoms with Crippen LogP contribution >= 0.6 is 0 Å². The van der Waals surface area contributed by atoms with Crippen molar-refractivity contribution in [1.29, 1.82) is 0 Å². The molecule has 0 saturated carbocycles. The molecule has 0 radical (unpaired) electrons. The Kier molecular flexibility index (Phi) is 4.59. The van der Waals surface area contributed by atoms with Crippen molar-refractivity contribution in [2.75, 3.05) is 32.8 Å². The van der Waals surface area contributed by atoms with E-state index >= 15 is 0 Å². The number of fused-ring (bicyclic) bond motifs is 1. The fourth-order valence-electron chi connectivity index (χ4n) is 3.94. The molecule has 0 spiro atoms. The van der Waals surface area contributed by atoms with Crippen LogP contribution in [0.4, 0.5) is 0 Å². The molecule has 1 aromatic heterocycles. The van der Waals surface area contributed by atoms with Crippen molar-refractivity contribution in [2.24, 2.45) is 0 Å². The first-order chi connectivity index (χ1) is 12.2. The molecule has 25 heavy (non-hydrogen) atoms. The second-order valence-electron chi connectivity index (χ2n) is 6.93. The molecule has 5 heteroatoms. The molecule has 3 heterocycles. The fraction of sp³-hybridized carbons (Fsp3) is 0.450. The lowest BCUT2D eigenvalue weighted by molar-refractivity contribution is -0.140. The van der Waals surface area contributed by atoms with Crippen LogP contribution in [0.1, 0.15) is 24.2 Å². The lowest BCUT2D eigenvalue weighted by atomic mass is 10.00. The second kappa shape index (κ2) is 7.02. The number of hydrogen-bond acceptors (Lipinski definition) is 3. The van der Waals surface area contributed by atoms with Gasteiger partial charge in [-0.15, -0.1) is 0 Å². The number of benzene rings is 1. The van der Waals surface area contributed by atoms with Crippen LogP contribution in [0.15, 0.2) is 48.7 Å². The highest BCUT2D eigenvalue weighted by atomic mass is 16.5. The van der Waals surface area contributed by atoms with Gasteiger partial charge < -0.3 is 14.2 Å². The van der Waals surface area contributed by atoms with Crippen LogP contribution in [0.3, 0.4) is 0 Å². The van der Waals surface area contributed by atoms with Gasteiger partial charge >= 0.3 is 0 Å². The predicted molar refractivity (Wildman–Crippen MR) is 96.3 cm³/mol. The average Bonchev–Trinajstić information content (AvgIpc) is 3.11. The van der Waals surface area contributed by atoms with Gasteiger partial charge in [0.1, 0.15) is 0 Å². The monoisotopic (exact) mass is 339 g/mol. The summed E-state index contributed by atoms with van der Waals surface area (Å²) in [5.41, 5.74) is 2.51. The molecule has 1 fully saturated rings. The summed E-state index contributed by atoms with van der Waals surface area (Å²) in [5.74, 6) is 0.205. The molecule has 1 aromatic carbocycles. The molecule has 132 valence electrons. The van der Waals surface area contributed by atoms with Crippen LogP contribution in [0.5, 0.6) is 0 Å². The number of rotatable bonds is 3. The largest absolute Gasteiger partial charge is 0.375 e. The number of carbonyl (C=O) groups excluding carboxylic acids is 1. The summed E-state index contributed by atoms with van der Waals surface area (Å²) >= 11 is 0. The second-order valence-corrected chi connectivity index (χ2v) is 6.93. The minimum absolute atomic E-state index is 0.126. The lowest BCUT2D eigenvalue weighted by Crippen LogP contribution is -2.50. The Hall–Kier alpha value is -2.11. The first-order valence-corrected chi connectivity index (χ1v) is 9.06. The molecular formula is C20H25N3O2. The first kappa shape index (κ1) is 16.4. The molecule has 2 unspecified atom stereocenters. The normalized spacial score (nSPS) is 24.1. The van der Waals surface area contributed by atoms with Gasteiger partial charge in [0.2, 0.25) is 5.91 Å². The van der Waals surface area contributed by atoms with Gasteiger partial charge in [0, 0.05) is 38.1 Å². The number of carbonyl (C=O) groups is 1. The highest BCUT2D eigenvalue weighted by Crippen LogP contribution is 2.32. The Morgan fingerprint density at radius 2 is 1.96 bits per heavy atom. The van der Waals surface area contributed by atoms with Crippen LogP contribution in [-0.2, 0) is 16.1 Å². The quantitative estimate of drug-likeness (QED) is 0.860. The van der Waals surface area contributed by atoms with E-state index in [1.54, 1.807) is 0 Å². The predicted octanol–water partition coefficient (Wildman–Crippen LogP) is 2.14. The molecule has 0 aliphatic carbocycles. The minimum atomic E-state index is 0.126. The zero-order chi connectivity index (χ0) is 17.2. The van der Waals surface area contributed by atoms with E-state index in [4.69, 9.17) is 4.74 Å². The Balaban J connectivity index is 1.56. The molecule has 2 aromatic rings. The van der Waals surface area contributed by atoms with Gasteiger partial charge in [-0.3, -0.25) is 9.69 Å². The Morgan fingerprint density at radius 3 is 2.76 bits per heavy atom. The van der Waals surface area contributed by atoms with Gasteiger partial charge in [0.05, 0.1) is 25.3 Å². The first-order valence-electron chi connectivity index (χ1n) is 9.06. The van der Waals surface area contributed by atoms with Gasteiger partial charge in [0.25, 0.3) is 0 Å².